The van der Waals surface area contributed by atoms with Crippen LogP contribution in [0.25, 0.3) is 16.3 Å². The molecule has 0 spiro atoms. The van der Waals surface area contributed by atoms with Gasteiger partial charge in [0.1, 0.15) is 0 Å². The maximum atomic E-state index is 13.8. The van der Waals surface area contributed by atoms with Crippen molar-refractivity contribution in [2.24, 2.45) is 12.0 Å². The van der Waals surface area contributed by atoms with Crippen LogP contribution in [0, 0.1) is 6.92 Å². The van der Waals surface area contributed by atoms with Crippen LogP contribution in [0.1, 0.15) is 47.8 Å². The number of nitrogens with zero attached hydrogens (tertiary/aromatic N) is 2. The summed E-state index contributed by atoms with van der Waals surface area (Å²) in [5, 5.41) is 7.28. The van der Waals surface area contributed by atoms with Crippen LogP contribution in [0.5, 0.6) is 0 Å². The minimum atomic E-state index is -4.49. The van der Waals surface area contributed by atoms with Crippen LogP contribution in [0.15, 0.2) is 52.4 Å². The molecule has 0 unspecified atom stereocenters. The van der Waals surface area contributed by atoms with Crippen LogP contribution in [0.3, 0.4) is 0 Å². The molecule has 0 saturated heterocycles. The molecule has 0 amide bonds. The van der Waals surface area contributed by atoms with Crippen LogP contribution < -0.4 is 16.2 Å². The van der Waals surface area contributed by atoms with Gasteiger partial charge in [0.05, 0.1) is 17.8 Å². The lowest BCUT2D eigenvalue weighted by atomic mass is 9.95. The number of hydrogen-bond acceptors (Lipinski definition) is 4. The van der Waals surface area contributed by atoms with Gasteiger partial charge in [-0.3, -0.25) is 9.79 Å². The van der Waals surface area contributed by atoms with Gasteiger partial charge >= 0.3 is 6.18 Å². The van der Waals surface area contributed by atoms with Crippen LogP contribution in [0.2, 0.25) is 0 Å². The second-order valence-electron chi connectivity index (χ2n) is 8.73. The molecule has 0 radical (unpaired) electrons. The van der Waals surface area contributed by atoms with Crippen LogP contribution in [-0.2, 0) is 19.6 Å². The summed E-state index contributed by atoms with van der Waals surface area (Å²) < 4.78 is 43.6. The maximum absolute atomic E-state index is 13.8. The first-order chi connectivity index (χ1) is 16.5. The van der Waals surface area contributed by atoms with Crippen molar-refractivity contribution in [3.05, 3.63) is 80.9 Å². The third-order valence-electron chi connectivity index (χ3n) is 6.25. The molecule has 3 aromatic rings. The Hall–Kier alpha value is -3.07. The van der Waals surface area contributed by atoms with E-state index in [1.165, 1.54) is 12.1 Å². The monoisotopic (exact) mass is 546 g/mol. The van der Waals surface area contributed by atoms with E-state index >= 15 is 0 Å². The fourth-order valence-electron chi connectivity index (χ4n) is 4.38. The number of benzene rings is 2. The Kier molecular flexibility index (Phi) is 6.81. The lowest BCUT2D eigenvalue weighted by Crippen LogP contribution is -2.24. The Balaban J connectivity index is 1.83. The summed E-state index contributed by atoms with van der Waals surface area (Å²) >= 11 is 3.30. The molecule has 4 rings (SSSR count). The van der Waals surface area contributed by atoms with Crippen molar-refractivity contribution in [3.63, 3.8) is 0 Å². The minimum absolute atomic E-state index is 0.0132. The molecule has 2 aromatic carbocycles. The summed E-state index contributed by atoms with van der Waals surface area (Å²) in [5.74, 6) is 0. The summed E-state index contributed by atoms with van der Waals surface area (Å²) in [4.78, 5) is 17.6. The fraction of sp³-hybridized carbons (Fsp3) is 0.308. The molecule has 9 heteroatoms. The van der Waals surface area contributed by atoms with Gasteiger partial charge in [-0.05, 0) is 82.5 Å². The summed E-state index contributed by atoms with van der Waals surface area (Å²) in [7, 11) is 1.71. The average molecular weight is 547 g/mol. The number of halogens is 4. The predicted octanol–water partition coefficient (Wildman–Crippen LogP) is 6.30. The summed E-state index contributed by atoms with van der Waals surface area (Å²) in [6, 6.07) is 9.53. The summed E-state index contributed by atoms with van der Waals surface area (Å²) in [5.41, 5.74) is 2.89. The highest BCUT2D eigenvalue weighted by Crippen LogP contribution is 2.38. The van der Waals surface area contributed by atoms with Gasteiger partial charge in [0.25, 0.3) is 5.56 Å². The lowest BCUT2D eigenvalue weighted by Gasteiger charge is -2.23. The molecule has 0 bridgehead atoms. The first-order valence-electron chi connectivity index (χ1n) is 11.3. The molecule has 1 aromatic heterocycles. The van der Waals surface area contributed by atoms with E-state index in [2.05, 4.69) is 31.6 Å². The van der Waals surface area contributed by atoms with E-state index in [0.29, 0.717) is 39.7 Å². The number of amidine groups is 1. The minimum Gasteiger partial charge on any atom is -0.378 e. The third kappa shape index (κ3) is 5.00. The van der Waals surface area contributed by atoms with Gasteiger partial charge in [-0.15, -0.1) is 0 Å². The number of aryl methyl sites for hydroxylation is 2. The predicted molar refractivity (Wildman–Crippen MR) is 139 cm³/mol. The van der Waals surface area contributed by atoms with E-state index in [9.17, 15) is 18.0 Å². The number of anilines is 1. The SMILES string of the molecule is CCc1ccc(N[C@H](C)c2cc(C)cc3c(=O)n(C)c(C4=CNC(Br)=NC4)cc23)c(C(F)(F)F)c1. The van der Waals surface area contributed by atoms with E-state index in [4.69, 9.17) is 0 Å². The highest BCUT2D eigenvalue weighted by atomic mass is 79.9. The maximum Gasteiger partial charge on any atom is 0.418 e. The van der Waals surface area contributed by atoms with Gasteiger partial charge in [-0.2, -0.15) is 13.2 Å². The third-order valence-corrected chi connectivity index (χ3v) is 6.73. The number of aromatic nitrogens is 1. The summed E-state index contributed by atoms with van der Waals surface area (Å²) in [6.07, 6.45) is -2.18. The number of pyridine rings is 1. The molecule has 2 N–H and O–H groups in total. The zero-order valence-corrected chi connectivity index (χ0v) is 21.4. The number of rotatable bonds is 5. The zero-order chi connectivity index (χ0) is 25.5. The van der Waals surface area contributed by atoms with Gasteiger partial charge < -0.3 is 15.2 Å². The molecule has 1 aliphatic rings. The van der Waals surface area contributed by atoms with Gasteiger partial charge in [0.15, 0.2) is 4.74 Å². The molecule has 184 valence electrons. The Bertz CT molecular complexity index is 1420. The van der Waals surface area contributed by atoms with Gasteiger partial charge in [0, 0.05) is 35.9 Å². The van der Waals surface area contributed by atoms with E-state index in [1.807, 2.05) is 39.0 Å². The van der Waals surface area contributed by atoms with E-state index in [1.54, 1.807) is 23.9 Å². The summed E-state index contributed by atoms with van der Waals surface area (Å²) in [6.45, 7) is 5.89. The van der Waals surface area contributed by atoms with Crippen molar-refractivity contribution in [3.8, 4) is 0 Å². The van der Waals surface area contributed by atoms with Crippen LogP contribution >= 0.6 is 15.9 Å². The van der Waals surface area contributed by atoms with Gasteiger partial charge in [-0.25, -0.2) is 0 Å². The smallest absolute Gasteiger partial charge is 0.378 e. The quantitative estimate of drug-likeness (QED) is 0.369. The molecule has 0 saturated carbocycles. The molecule has 1 atom stereocenters. The highest BCUT2D eigenvalue weighted by molar-refractivity contribution is 9.18. The van der Waals surface area contributed by atoms with Crippen LogP contribution in [0.4, 0.5) is 18.9 Å². The van der Waals surface area contributed by atoms with Gasteiger partial charge in [-0.1, -0.05) is 19.1 Å². The lowest BCUT2D eigenvalue weighted by molar-refractivity contribution is -0.137. The Morgan fingerprint density at radius 3 is 2.57 bits per heavy atom. The average Bonchev–Trinajstić information content (AvgIpc) is 2.81. The molecule has 1 aliphatic heterocycles. The number of hydrogen-bond donors (Lipinski definition) is 2. The molecular weight excluding hydrogens is 521 g/mol. The number of aliphatic imine (C=N–C) groups is 1. The van der Waals surface area contributed by atoms with E-state index < -0.39 is 17.8 Å². The second-order valence-corrected chi connectivity index (χ2v) is 9.48. The van der Waals surface area contributed by atoms with Crippen molar-refractivity contribution >= 4 is 42.7 Å². The molecule has 35 heavy (non-hydrogen) atoms. The van der Waals surface area contributed by atoms with Gasteiger partial charge in [0.2, 0.25) is 0 Å². The number of alkyl halides is 3. The number of fused-ring (bicyclic) bond motifs is 1. The van der Waals surface area contributed by atoms with Crippen molar-refractivity contribution in [1.82, 2.24) is 9.88 Å². The zero-order valence-electron chi connectivity index (χ0n) is 19.8. The largest absolute Gasteiger partial charge is 0.418 e. The van der Waals surface area contributed by atoms with E-state index in [0.717, 1.165) is 16.7 Å². The Morgan fingerprint density at radius 2 is 1.94 bits per heavy atom. The van der Waals surface area contributed by atoms with Crippen molar-refractivity contribution in [2.75, 3.05) is 11.9 Å². The Labute approximate surface area is 209 Å². The van der Waals surface area contributed by atoms with Crippen molar-refractivity contribution in [1.29, 1.82) is 0 Å². The fourth-order valence-corrected chi connectivity index (χ4v) is 4.62. The second kappa shape index (κ2) is 9.53. The molecule has 0 aliphatic carbocycles. The van der Waals surface area contributed by atoms with E-state index in [-0.39, 0.29) is 11.2 Å². The molecule has 0 fully saturated rings. The van der Waals surface area contributed by atoms with Crippen molar-refractivity contribution < 1.29 is 13.2 Å². The highest BCUT2D eigenvalue weighted by Gasteiger charge is 2.34. The Morgan fingerprint density at radius 1 is 1.20 bits per heavy atom. The molecule has 5 nitrogen and oxygen atoms in total. The topological polar surface area (TPSA) is 58.4 Å². The number of nitrogens with one attached hydrogen (secondary N) is 2. The first kappa shape index (κ1) is 25.0. The first-order valence-corrected chi connectivity index (χ1v) is 12.1. The standard InChI is InChI=1S/C26H26BrF3N4O/c1-5-16-6-7-22(21(10-16)26(28,29)30)33-15(3)18-8-14(2)9-20-19(18)11-23(34(4)24(20)35)17-12-31-25(27)32-13-17/h6-12,15,33H,5,13H2,1-4H3,(H,31,32)/t15-/m1/s1. The van der Waals surface area contributed by atoms with Crippen LogP contribution in [-0.4, -0.2) is 15.9 Å². The molecule has 2 heterocycles. The van der Waals surface area contributed by atoms with Crippen molar-refractivity contribution in [2.45, 2.75) is 39.4 Å². The normalized spacial score (nSPS) is 14.9. The molecular formula is C26H26BrF3N4O.